The molecule has 4 heteroatoms. The smallest absolute Gasteiger partial charge is 0.223 e. The highest BCUT2D eigenvalue weighted by Crippen LogP contribution is 2.28. The lowest BCUT2D eigenvalue weighted by molar-refractivity contribution is -0.137. The SMILES string of the molecule is CC(C)(C)CC(=O)N(Cc1cccn1Cc1cccc(Cl)c1)C1CCCCC1. The highest BCUT2D eigenvalue weighted by molar-refractivity contribution is 6.30. The van der Waals surface area contributed by atoms with Crippen molar-refractivity contribution in [3.63, 3.8) is 0 Å². The Morgan fingerprint density at radius 3 is 2.57 bits per heavy atom. The Balaban J connectivity index is 1.78. The fourth-order valence-electron chi connectivity index (χ4n) is 4.12. The van der Waals surface area contributed by atoms with Crippen LogP contribution in [0.3, 0.4) is 0 Å². The molecule has 3 nitrogen and oxygen atoms in total. The van der Waals surface area contributed by atoms with Crippen LogP contribution >= 0.6 is 11.6 Å². The number of benzene rings is 1. The largest absolute Gasteiger partial charge is 0.345 e. The molecule has 0 atom stereocenters. The minimum Gasteiger partial charge on any atom is -0.345 e. The highest BCUT2D eigenvalue weighted by atomic mass is 35.5. The molecule has 28 heavy (non-hydrogen) atoms. The molecule has 1 saturated carbocycles. The number of carbonyl (C=O) groups excluding carboxylic acids is 1. The highest BCUT2D eigenvalue weighted by Gasteiger charge is 2.28. The van der Waals surface area contributed by atoms with Gasteiger partial charge >= 0.3 is 0 Å². The average Bonchev–Trinajstić information content (AvgIpc) is 3.05. The molecule has 0 spiro atoms. The van der Waals surface area contributed by atoms with Crippen molar-refractivity contribution in [1.82, 2.24) is 9.47 Å². The Kier molecular flexibility index (Phi) is 6.87. The van der Waals surface area contributed by atoms with Gasteiger partial charge in [0.15, 0.2) is 0 Å². The van der Waals surface area contributed by atoms with Gasteiger partial charge in [-0.05, 0) is 48.1 Å². The van der Waals surface area contributed by atoms with E-state index in [2.05, 4.69) is 54.6 Å². The first-order valence-electron chi connectivity index (χ1n) is 10.5. The number of hydrogen-bond donors (Lipinski definition) is 0. The molecule has 1 heterocycles. The van der Waals surface area contributed by atoms with Crippen molar-refractivity contribution in [3.05, 3.63) is 58.9 Å². The van der Waals surface area contributed by atoms with Gasteiger partial charge in [0.2, 0.25) is 5.91 Å². The number of nitrogens with zero attached hydrogens (tertiary/aromatic N) is 2. The van der Waals surface area contributed by atoms with E-state index in [0.717, 1.165) is 24.4 Å². The Labute approximate surface area is 174 Å². The van der Waals surface area contributed by atoms with Gasteiger partial charge in [0, 0.05) is 35.9 Å². The van der Waals surface area contributed by atoms with Crippen LogP contribution in [0, 0.1) is 5.41 Å². The third-order valence-electron chi connectivity index (χ3n) is 5.52. The van der Waals surface area contributed by atoms with E-state index in [1.165, 1.54) is 30.5 Å². The normalized spacial score (nSPS) is 15.6. The summed E-state index contributed by atoms with van der Waals surface area (Å²) in [6.45, 7) is 7.89. The first-order chi connectivity index (χ1) is 13.3. The Bertz CT molecular complexity index is 784. The molecule has 2 aromatic rings. The van der Waals surface area contributed by atoms with Crippen molar-refractivity contribution in [2.75, 3.05) is 0 Å². The van der Waals surface area contributed by atoms with Crippen molar-refractivity contribution in [2.24, 2.45) is 5.41 Å². The maximum absolute atomic E-state index is 13.2. The zero-order chi connectivity index (χ0) is 20.1. The van der Waals surface area contributed by atoms with Gasteiger partial charge in [0.05, 0.1) is 6.54 Å². The molecule has 1 aliphatic rings. The van der Waals surface area contributed by atoms with E-state index in [9.17, 15) is 4.79 Å². The lowest BCUT2D eigenvalue weighted by atomic mass is 9.89. The van der Waals surface area contributed by atoms with Gasteiger partial charge in [-0.15, -0.1) is 0 Å². The average molecular weight is 401 g/mol. The zero-order valence-electron chi connectivity index (χ0n) is 17.5. The van der Waals surface area contributed by atoms with Crippen molar-refractivity contribution >= 4 is 17.5 Å². The maximum Gasteiger partial charge on any atom is 0.223 e. The zero-order valence-corrected chi connectivity index (χ0v) is 18.2. The third-order valence-corrected chi connectivity index (χ3v) is 5.75. The molecule has 152 valence electrons. The van der Waals surface area contributed by atoms with Gasteiger partial charge in [-0.2, -0.15) is 0 Å². The van der Waals surface area contributed by atoms with Crippen molar-refractivity contribution < 1.29 is 4.79 Å². The summed E-state index contributed by atoms with van der Waals surface area (Å²) in [5.41, 5.74) is 2.37. The monoisotopic (exact) mass is 400 g/mol. The van der Waals surface area contributed by atoms with Crippen molar-refractivity contribution in [3.8, 4) is 0 Å². The molecule has 1 aliphatic carbocycles. The standard InChI is InChI=1S/C24H33ClN2O/c1-24(2,3)16-23(28)27(21-11-5-4-6-12-21)18-22-13-8-14-26(22)17-19-9-7-10-20(25)15-19/h7-10,13-15,21H,4-6,11-12,16-18H2,1-3H3. The van der Waals surface area contributed by atoms with Crippen LogP contribution in [-0.4, -0.2) is 21.4 Å². The van der Waals surface area contributed by atoms with E-state index in [-0.39, 0.29) is 11.3 Å². The minimum atomic E-state index is 0.00673. The summed E-state index contributed by atoms with van der Waals surface area (Å²) in [5.74, 6) is 0.287. The van der Waals surface area contributed by atoms with Crippen LogP contribution in [0.25, 0.3) is 0 Å². The number of carbonyl (C=O) groups is 1. The summed E-state index contributed by atoms with van der Waals surface area (Å²) in [5, 5.41) is 0.760. The fourth-order valence-corrected chi connectivity index (χ4v) is 4.34. The van der Waals surface area contributed by atoms with Gasteiger partial charge in [0.25, 0.3) is 0 Å². The molecule has 0 radical (unpaired) electrons. The van der Waals surface area contributed by atoms with E-state index < -0.39 is 0 Å². The maximum atomic E-state index is 13.2. The predicted octanol–water partition coefficient (Wildman–Crippen LogP) is 6.29. The van der Waals surface area contributed by atoms with E-state index >= 15 is 0 Å². The van der Waals surface area contributed by atoms with Gasteiger partial charge in [-0.1, -0.05) is 63.8 Å². The van der Waals surface area contributed by atoms with Gasteiger partial charge < -0.3 is 9.47 Å². The van der Waals surface area contributed by atoms with E-state index in [1.54, 1.807) is 0 Å². The van der Waals surface area contributed by atoms with Crippen LogP contribution in [-0.2, 0) is 17.9 Å². The number of amides is 1. The second-order valence-electron chi connectivity index (χ2n) is 9.31. The van der Waals surface area contributed by atoms with Crippen molar-refractivity contribution in [1.29, 1.82) is 0 Å². The topological polar surface area (TPSA) is 25.2 Å². The molecule has 1 aromatic heterocycles. The molecule has 0 aliphatic heterocycles. The number of hydrogen-bond acceptors (Lipinski definition) is 1. The number of halogens is 1. The fraction of sp³-hybridized carbons (Fsp3) is 0.542. The number of rotatable bonds is 6. The Hall–Kier alpha value is -1.74. The van der Waals surface area contributed by atoms with Crippen LogP contribution in [0.4, 0.5) is 0 Å². The number of aromatic nitrogens is 1. The summed E-state index contributed by atoms with van der Waals surface area (Å²) < 4.78 is 2.24. The molecule has 0 saturated heterocycles. The molecule has 1 amide bonds. The first-order valence-corrected chi connectivity index (χ1v) is 10.9. The van der Waals surface area contributed by atoms with Crippen LogP contribution < -0.4 is 0 Å². The van der Waals surface area contributed by atoms with Crippen molar-refractivity contribution in [2.45, 2.75) is 78.4 Å². The van der Waals surface area contributed by atoms with Crippen LogP contribution in [0.5, 0.6) is 0 Å². The van der Waals surface area contributed by atoms with E-state index in [1.807, 2.05) is 18.2 Å². The van der Waals surface area contributed by atoms with E-state index in [4.69, 9.17) is 11.6 Å². The van der Waals surface area contributed by atoms with Gasteiger partial charge in [0.1, 0.15) is 0 Å². The Morgan fingerprint density at radius 2 is 1.89 bits per heavy atom. The Morgan fingerprint density at radius 1 is 1.14 bits per heavy atom. The molecule has 3 rings (SSSR count). The second-order valence-corrected chi connectivity index (χ2v) is 9.74. The summed E-state index contributed by atoms with van der Waals surface area (Å²) in [6, 6.07) is 12.6. The lowest BCUT2D eigenvalue weighted by Gasteiger charge is -2.36. The summed E-state index contributed by atoms with van der Waals surface area (Å²) in [6.07, 6.45) is 8.71. The molecule has 1 aromatic carbocycles. The first kappa shape index (κ1) is 21.0. The second kappa shape index (κ2) is 9.17. The van der Waals surface area contributed by atoms with E-state index in [0.29, 0.717) is 19.0 Å². The molecule has 1 fully saturated rings. The summed E-state index contributed by atoms with van der Waals surface area (Å²) in [4.78, 5) is 15.4. The predicted molar refractivity (Wildman–Crippen MR) is 116 cm³/mol. The van der Waals surface area contributed by atoms with Crippen LogP contribution in [0.15, 0.2) is 42.6 Å². The molecule has 0 unspecified atom stereocenters. The molecule has 0 bridgehead atoms. The minimum absolute atomic E-state index is 0.00673. The molecule has 0 N–H and O–H groups in total. The van der Waals surface area contributed by atoms with Gasteiger partial charge in [-0.3, -0.25) is 4.79 Å². The summed E-state index contributed by atoms with van der Waals surface area (Å²) in [7, 11) is 0. The molecular weight excluding hydrogens is 368 g/mol. The third kappa shape index (κ3) is 5.88. The molecular formula is C24H33ClN2O. The van der Waals surface area contributed by atoms with Crippen LogP contribution in [0.2, 0.25) is 5.02 Å². The summed E-state index contributed by atoms with van der Waals surface area (Å²) >= 11 is 6.15. The quantitative estimate of drug-likeness (QED) is 0.559. The lowest BCUT2D eigenvalue weighted by Crippen LogP contribution is -2.42. The van der Waals surface area contributed by atoms with Gasteiger partial charge in [-0.25, -0.2) is 0 Å². The van der Waals surface area contributed by atoms with Crippen LogP contribution in [0.1, 0.15) is 70.6 Å².